The van der Waals surface area contributed by atoms with E-state index in [4.69, 9.17) is 4.74 Å². The number of rotatable bonds is 7. The molecule has 1 amide bonds. The zero-order valence-electron chi connectivity index (χ0n) is 13.6. The highest BCUT2D eigenvalue weighted by atomic mass is 16.5. The van der Waals surface area contributed by atoms with E-state index in [1.54, 1.807) is 20.2 Å². The number of carbonyl (C=O) groups is 2. The number of hydrogen-bond acceptors (Lipinski definition) is 3. The molecule has 1 aromatic carbocycles. The zero-order chi connectivity index (χ0) is 17.0. The van der Waals surface area contributed by atoms with Crippen LogP contribution in [0.3, 0.4) is 0 Å². The second kappa shape index (κ2) is 6.83. The highest BCUT2D eigenvalue weighted by Gasteiger charge is 2.33. The van der Waals surface area contributed by atoms with E-state index >= 15 is 0 Å². The summed E-state index contributed by atoms with van der Waals surface area (Å²) in [7, 11) is 1.62. The van der Waals surface area contributed by atoms with E-state index in [9.17, 15) is 14.7 Å². The monoisotopic (exact) mass is 318 g/mol. The van der Waals surface area contributed by atoms with Gasteiger partial charge in [-0.2, -0.15) is 0 Å². The van der Waals surface area contributed by atoms with Crippen molar-refractivity contribution in [1.29, 1.82) is 0 Å². The van der Waals surface area contributed by atoms with Gasteiger partial charge in [0.15, 0.2) is 0 Å². The number of carboxylic acids is 1. The molecule has 0 radical (unpaired) electrons. The maximum absolute atomic E-state index is 12.6. The van der Waals surface area contributed by atoms with Crippen molar-refractivity contribution in [2.75, 3.05) is 13.7 Å². The molecular weight excluding hydrogens is 296 g/mol. The molecule has 124 valence electrons. The number of aliphatic carboxylic acids is 1. The first-order valence-electron chi connectivity index (χ1n) is 7.55. The fourth-order valence-electron chi connectivity index (χ4n) is 2.41. The molecule has 0 aliphatic carbocycles. The van der Waals surface area contributed by atoms with Crippen molar-refractivity contribution >= 4 is 22.8 Å². The Kier molecular flexibility index (Phi) is 5.05. The van der Waals surface area contributed by atoms with Crippen molar-refractivity contribution in [2.24, 2.45) is 0 Å². The first-order chi connectivity index (χ1) is 10.9. The lowest BCUT2D eigenvalue weighted by atomic mass is 9.98. The van der Waals surface area contributed by atoms with Crippen LogP contribution in [-0.4, -0.2) is 40.8 Å². The summed E-state index contributed by atoms with van der Waals surface area (Å²) in [6.45, 7) is 4.39. The number of carboxylic acid groups (broad SMARTS) is 1. The average molecular weight is 318 g/mol. The van der Waals surface area contributed by atoms with Crippen LogP contribution < -0.4 is 5.32 Å². The summed E-state index contributed by atoms with van der Waals surface area (Å²) in [5, 5.41) is 12.8. The van der Waals surface area contributed by atoms with Crippen LogP contribution >= 0.6 is 0 Å². The van der Waals surface area contributed by atoms with Crippen molar-refractivity contribution in [3.8, 4) is 0 Å². The van der Waals surface area contributed by atoms with Gasteiger partial charge in [0.1, 0.15) is 5.54 Å². The van der Waals surface area contributed by atoms with Crippen LogP contribution in [-0.2, 0) is 16.1 Å². The Morgan fingerprint density at radius 3 is 2.65 bits per heavy atom. The number of aromatic nitrogens is 1. The summed E-state index contributed by atoms with van der Waals surface area (Å²) >= 11 is 0. The van der Waals surface area contributed by atoms with E-state index in [0.717, 1.165) is 10.9 Å². The Balaban J connectivity index is 2.39. The number of nitrogens with zero attached hydrogens (tertiary/aromatic N) is 1. The van der Waals surface area contributed by atoms with Crippen LogP contribution in [0.1, 0.15) is 30.6 Å². The standard InChI is InChI=1S/C17H22N2O4/c1-4-17(2,16(21)22)18-15(20)13-11-19(9-10-23-3)14-8-6-5-7-12(13)14/h5-8,11H,4,9-10H2,1-3H3,(H,18,20)(H,21,22). The molecule has 2 rings (SSSR count). The Bertz CT molecular complexity index is 722. The third-order valence-electron chi connectivity index (χ3n) is 4.14. The van der Waals surface area contributed by atoms with Crippen molar-refractivity contribution in [3.63, 3.8) is 0 Å². The van der Waals surface area contributed by atoms with Gasteiger partial charge in [0.2, 0.25) is 0 Å². The number of nitrogens with one attached hydrogen (secondary N) is 1. The molecule has 0 bridgehead atoms. The molecule has 1 unspecified atom stereocenters. The van der Waals surface area contributed by atoms with E-state index in [1.807, 2.05) is 28.8 Å². The molecule has 0 fully saturated rings. The van der Waals surface area contributed by atoms with Gasteiger partial charge in [0, 0.05) is 30.8 Å². The second-order valence-corrected chi connectivity index (χ2v) is 5.69. The molecule has 23 heavy (non-hydrogen) atoms. The maximum atomic E-state index is 12.6. The van der Waals surface area contributed by atoms with Crippen LogP contribution in [0.2, 0.25) is 0 Å². The number of para-hydroxylation sites is 1. The van der Waals surface area contributed by atoms with Gasteiger partial charge in [-0.1, -0.05) is 25.1 Å². The summed E-state index contributed by atoms with van der Waals surface area (Å²) in [6.07, 6.45) is 2.05. The minimum atomic E-state index is -1.28. The molecule has 2 N–H and O–H groups in total. The molecule has 0 saturated carbocycles. The Morgan fingerprint density at radius 1 is 1.35 bits per heavy atom. The lowest BCUT2D eigenvalue weighted by Gasteiger charge is -2.24. The summed E-state index contributed by atoms with van der Waals surface area (Å²) in [6, 6.07) is 7.55. The third kappa shape index (κ3) is 3.37. The number of benzene rings is 1. The van der Waals surface area contributed by atoms with Gasteiger partial charge in [0.25, 0.3) is 5.91 Å². The molecule has 0 spiro atoms. The van der Waals surface area contributed by atoms with Crippen LogP contribution in [0.5, 0.6) is 0 Å². The van der Waals surface area contributed by atoms with Crippen molar-refractivity contribution in [1.82, 2.24) is 9.88 Å². The average Bonchev–Trinajstić information content (AvgIpc) is 2.91. The van der Waals surface area contributed by atoms with Crippen molar-refractivity contribution in [3.05, 3.63) is 36.0 Å². The highest BCUT2D eigenvalue weighted by molar-refractivity contribution is 6.08. The first-order valence-corrected chi connectivity index (χ1v) is 7.55. The van der Waals surface area contributed by atoms with Gasteiger partial charge in [-0.3, -0.25) is 4.79 Å². The normalized spacial score (nSPS) is 13.7. The Labute approximate surface area is 135 Å². The van der Waals surface area contributed by atoms with Gasteiger partial charge < -0.3 is 19.7 Å². The molecular formula is C17H22N2O4. The molecule has 1 aromatic heterocycles. The molecule has 6 heteroatoms. The van der Waals surface area contributed by atoms with E-state index in [1.165, 1.54) is 6.92 Å². The second-order valence-electron chi connectivity index (χ2n) is 5.69. The summed E-state index contributed by atoms with van der Waals surface area (Å²) in [4.78, 5) is 24.0. The molecule has 1 atom stereocenters. The van der Waals surface area contributed by atoms with Crippen molar-refractivity contribution < 1.29 is 19.4 Å². The zero-order valence-corrected chi connectivity index (χ0v) is 13.6. The topological polar surface area (TPSA) is 80.6 Å². The number of carbonyl (C=O) groups excluding carboxylic acids is 1. The highest BCUT2D eigenvalue weighted by Crippen LogP contribution is 2.22. The van der Waals surface area contributed by atoms with Crippen LogP contribution in [0.25, 0.3) is 10.9 Å². The van der Waals surface area contributed by atoms with Crippen LogP contribution in [0, 0.1) is 0 Å². The largest absolute Gasteiger partial charge is 0.480 e. The van der Waals surface area contributed by atoms with Crippen LogP contribution in [0.4, 0.5) is 0 Å². The number of ether oxygens (including phenoxy) is 1. The fraction of sp³-hybridized carbons (Fsp3) is 0.412. The molecule has 6 nitrogen and oxygen atoms in total. The Hall–Kier alpha value is -2.34. The quantitative estimate of drug-likeness (QED) is 0.820. The minimum Gasteiger partial charge on any atom is -0.480 e. The smallest absolute Gasteiger partial charge is 0.329 e. The third-order valence-corrected chi connectivity index (χ3v) is 4.14. The molecule has 2 aromatic rings. The number of methoxy groups -OCH3 is 1. The van der Waals surface area contributed by atoms with E-state index in [0.29, 0.717) is 25.1 Å². The first kappa shape index (κ1) is 17.0. The van der Waals surface area contributed by atoms with E-state index in [-0.39, 0.29) is 5.91 Å². The minimum absolute atomic E-state index is 0.302. The number of fused-ring (bicyclic) bond motifs is 1. The SMILES string of the molecule is CCC(C)(NC(=O)c1cn(CCOC)c2ccccc12)C(=O)O. The molecule has 1 heterocycles. The summed E-state index contributed by atoms with van der Waals surface area (Å²) < 4.78 is 7.04. The maximum Gasteiger partial charge on any atom is 0.329 e. The summed E-state index contributed by atoms with van der Waals surface area (Å²) in [5.74, 6) is -1.43. The lowest BCUT2D eigenvalue weighted by Crippen LogP contribution is -2.51. The molecule has 0 aliphatic rings. The van der Waals surface area contributed by atoms with Crippen LogP contribution in [0.15, 0.2) is 30.5 Å². The van der Waals surface area contributed by atoms with E-state index in [2.05, 4.69) is 5.32 Å². The lowest BCUT2D eigenvalue weighted by molar-refractivity contribution is -0.143. The predicted octanol–water partition coefficient (Wildman–Crippen LogP) is 2.27. The fourth-order valence-corrected chi connectivity index (χ4v) is 2.41. The Morgan fingerprint density at radius 2 is 2.04 bits per heavy atom. The predicted molar refractivity (Wildman–Crippen MR) is 87.6 cm³/mol. The molecule has 0 saturated heterocycles. The van der Waals surface area contributed by atoms with E-state index < -0.39 is 11.5 Å². The van der Waals surface area contributed by atoms with Gasteiger partial charge >= 0.3 is 5.97 Å². The number of amides is 1. The van der Waals surface area contributed by atoms with Gasteiger partial charge in [-0.25, -0.2) is 4.79 Å². The van der Waals surface area contributed by atoms with Gasteiger partial charge in [0.05, 0.1) is 12.2 Å². The molecule has 0 aliphatic heterocycles. The van der Waals surface area contributed by atoms with Gasteiger partial charge in [-0.15, -0.1) is 0 Å². The van der Waals surface area contributed by atoms with Gasteiger partial charge in [-0.05, 0) is 19.4 Å². The van der Waals surface area contributed by atoms with Crippen molar-refractivity contribution in [2.45, 2.75) is 32.4 Å². The summed E-state index contributed by atoms with van der Waals surface area (Å²) in [5.41, 5.74) is 0.105. The number of hydrogen-bond donors (Lipinski definition) is 2.